The van der Waals surface area contributed by atoms with Gasteiger partial charge in [-0.25, -0.2) is 9.80 Å². The molecule has 2 aromatic carbocycles. The van der Waals surface area contributed by atoms with Gasteiger partial charge in [-0.3, -0.25) is 9.91 Å². The SMILES string of the molecule is O=C1N(c2cccc(Cl)c2)CCN1N1CCC=C(Cc2ccccc2)C1. The van der Waals surface area contributed by atoms with Crippen molar-refractivity contribution in [3.8, 4) is 0 Å². The number of benzene rings is 2. The number of halogens is 1. The molecule has 0 radical (unpaired) electrons. The second kappa shape index (κ2) is 7.52. The summed E-state index contributed by atoms with van der Waals surface area (Å²) in [5, 5.41) is 4.73. The third-order valence-electron chi connectivity index (χ3n) is 4.93. The molecule has 2 aromatic rings. The molecule has 0 aromatic heterocycles. The largest absolute Gasteiger partial charge is 0.339 e. The van der Waals surface area contributed by atoms with Gasteiger partial charge in [0.15, 0.2) is 0 Å². The molecule has 0 aliphatic carbocycles. The number of hydrazine groups is 1. The van der Waals surface area contributed by atoms with E-state index in [0.29, 0.717) is 18.1 Å². The van der Waals surface area contributed by atoms with Gasteiger partial charge in [0, 0.05) is 30.3 Å². The Hall–Kier alpha value is -2.30. The van der Waals surface area contributed by atoms with Crippen molar-refractivity contribution in [2.75, 3.05) is 31.1 Å². The summed E-state index contributed by atoms with van der Waals surface area (Å²) in [6.45, 7) is 3.09. The highest BCUT2D eigenvalue weighted by molar-refractivity contribution is 6.30. The van der Waals surface area contributed by atoms with Crippen LogP contribution in [0, 0.1) is 0 Å². The molecule has 0 atom stereocenters. The van der Waals surface area contributed by atoms with Gasteiger partial charge in [0.2, 0.25) is 0 Å². The number of carbonyl (C=O) groups is 1. The van der Waals surface area contributed by atoms with E-state index in [1.165, 1.54) is 11.1 Å². The van der Waals surface area contributed by atoms with Gasteiger partial charge in [0.05, 0.1) is 6.54 Å². The normalized spacial score (nSPS) is 18.3. The molecule has 0 spiro atoms. The standard InChI is InChI=1S/C21H22ClN3O/c22-19-9-4-10-20(15-19)24-12-13-25(21(24)26)23-11-5-8-18(16-23)14-17-6-2-1-3-7-17/h1-4,6-10,15H,5,11-14,16H2. The first-order valence-corrected chi connectivity index (χ1v) is 9.40. The number of hydrogen-bond donors (Lipinski definition) is 0. The predicted octanol–water partition coefficient (Wildman–Crippen LogP) is 4.37. The second-order valence-electron chi connectivity index (χ2n) is 6.74. The molecule has 0 bridgehead atoms. The third-order valence-corrected chi connectivity index (χ3v) is 5.16. The average molecular weight is 368 g/mol. The fourth-order valence-electron chi connectivity index (χ4n) is 3.66. The number of hydrogen-bond acceptors (Lipinski definition) is 2. The average Bonchev–Trinajstić information content (AvgIpc) is 3.04. The van der Waals surface area contributed by atoms with E-state index in [4.69, 9.17) is 11.6 Å². The van der Waals surface area contributed by atoms with Crippen LogP contribution in [0.5, 0.6) is 0 Å². The Morgan fingerprint density at radius 2 is 1.81 bits per heavy atom. The number of urea groups is 1. The molecule has 2 heterocycles. The zero-order valence-corrected chi connectivity index (χ0v) is 15.4. The molecule has 4 rings (SSSR count). The second-order valence-corrected chi connectivity index (χ2v) is 7.18. The van der Waals surface area contributed by atoms with Crippen molar-refractivity contribution in [2.45, 2.75) is 12.8 Å². The maximum atomic E-state index is 12.9. The van der Waals surface area contributed by atoms with Crippen LogP contribution in [0.3, 0.4) is 0 Å². The van der Waals surface area contributed by atoms with Crippen LogP contribution >= 0.6 is 11.6 Å². The Morgan fingerprint density at radius 1 is 0.962 bits per heavy atom. The van der Waals surface area contributed by atoms with Crippen LogP contribution in [0.15, 0.2) is 66.2 Å². The van der Waals surface area contributed by atoms with Gasteiger partial charge in [0.1, 0.15) is 0 Å². The van der Waals surface area contributed by atoms with Crippen LogP contribution < -0.4 is 4.90 Å². The summed E-state index contributed by atoms with van der Waals surface area (Å²) < 4.78 is 0. The van der Waals surface area contributed by atoms with E-state index in [2.05, 4.69) is 35.4 Å². The summed E-state index contributed by atoms with van der Waals surface area (Å²) in [6, 6.07) is 18.0. The predicted molar refractivity (Wildman–Crippen MR) is 105 cm³/mol. The number of rotatable bonds is 4. The topological polar surface area (TPSA) is 26.8 Å². The molecular formula is C21H22ClN3O. The van der Waals surface area contributed by atoms with Gasteiger partial charge in [-0.2, -0.15) is 0 Å². The first kappa shape index (κ1) is 17.1. The Labute approximate surface area is 159 Å². The van der Waals surface area contributed by atoms with E-state index in [1.54, 1.807) is 4.90 Å². The van der Waals surface area contributed by atoms with Crippen LogP contribution in [0.25, 0.3) is 0 Å². The summed E-state index contributed by atoms with van der Waals surface area (Å²) in [6.07, 6.45) is 4.24. The molecule has 4 nitrogen and oxygen atoms in total. The van der Waals surface area contributed by atoms with E-state index in [9.17, 15) is 4.79 Å². The first-order chi connectivity index (χ1) is 12.7. The molecule has 1 saturated heterocycles. The van der Waals surface area contributed by atoms with Crippen molar-refractivity contribution in [1.82, 2.24) is 10.0 Å². The van der Waals surface area contributed by atoms with Crippen molar-refractivity contribution < 1.29 is 4.79 Å². The molecule has 5 heteroatoms. The zero-order chi connectivity index (χ0) is 17.9. The van der Waals surface area contributed by atoms with Gasteiger partial charge in [-0.1, -0.05) is 59.6 Å². The third kappa shape index (κ3) is 3.62. The van der Waals surface area contributed by atoms with Gasteiger partial charge in [0.25, 0.3) is 0 Å². The monoisotopic (exact) mass is 367 g/mol. The minimum absolute atomic E-state index is 0.0354. The van der Waals surface area contributed by atoms with Gasteiger partial charge in [-0.15, -0.1) is 0 Å². The lowest BCUT2D eigenvalue weighted by atomic mass is 10.0. The summed E-state index contributed by atoms with van der Waals surface area (Å²) in [4.78, 5) is 14.7. The molecular weight excluding hydrogens is 346 g/mol. The van der Waals surface area contributed by atoms with Crippen molar-refractivity contribution in [3.63, 3.8) is 0 Å². The van der Waals surface area contributed by atoms with E-state index in [0.717, 1.165) is 31.6 Å². The van der Waals surface area contributed by atoms with Crippen molar-refractivity contribution in [3.05, 3.63) is 76.8 Å². The van der Waals surface area contributed by atoms with Gasteiger partial charge in [-0.05, 0) is 36.6 Å². The number of anilines is 1. The van der Waals surface area contributed by atoms with E-state index < -0.39 is 0 Å². The highest BCUT2D eigenvalue weighted by atomic mass is 35.5. The first-order valence-electron chi connectivity index (χ1n) is 9.02. The van der Waals surface area contributed by atoms with Crippen molar-refractivity contribution >= 4 is 23.3 Å². The molecule has 2 amide bonds. The quantitative estimate of drug-likeness (QED) is 0.750. The minimum atomic E-state index is 0.0354. The maximum absolute atomic E-state index is 12.9. The molecule has 0 unspecified atom stereocenters. The molecule has 1 fully saturated rings. The van der Waals surface area contributed by atoms with Gasteiger partial charge >= 0.3 is 6.03 Å². The van der Waals surface area contributed by atoms with Crippen LogP contribution in [-0.2, 0) is 6.42 Å². The highest BCUT2D eigenvalue weighted by Crippen LogP contribution is 2.26. The highest BCUT2D eigenvalue weighted by Gasteiger charge is 2.34. The minimum Gasteiger partial charge on any atom is -0.291 e. The lowest BCUT2D eigenvalue weighted by molar-refractivity contribution is 0.0387. The molecule has 134 valence electrons. The molecule has 26 heavy (non-hydrogen) atoms. The zero-order valence-electron chi connectivity index (χ0n) is 14.6. The Balaban J connectivity index is 1.43. The lowest BCUT2D eigenvalue weighted by Gasteiger charge is -2.34. The van der Waals surface area contributed by atoms with E-state index >= 15 is 0 Å². The molecule has 2 aliphatic rings. The Bertz CT molecular complexity index is 821. The Morgan fingerprint density at radius 3 is 2.62 bits per heavy atom. The molecule has 0 saturated carbocycles. The smallest absolute Gasteiger partial charge is 0.291 e. The lowest BCUT2D eigenvalue weighted by Crippen LogP contribution is -2.48. The molecule has 2 aliphatic heterocycles. The summed E-state index contributed by atoms with van der Waals surface area (Å²) in [5.74, 6) is 0. The van der Waals surface area contributed by atoms with Crippen LogP contribution in [0.2, 0.25) is 5.02 Å². The Kier molecular flexibility index (Phi) is 4.96. The van der Waals surface area contributed by atoms with Gasteiger partial charge < -0.3 is 0 Å². The number of amides is 2. The summed E-state index contributed by atoms with van der Waals surface area (Å²) in [7, 11) is 0. The van der Waals surface area contributed by atoms with Crippen LogP contribution in [-0.4, -0.2) is 42.2 Å². The van der Waals surface area contributed by atoms with Crippen molar-refractivity contribution in [1.29, 1.82) is 0 Å². The van der Waals surface area contributed by atoms with Crippen LogP contribution in [0.4, 0.5) is 10.5 Å². The summed E-state index contributed by atoms with van der Waals surface area (Å²) in [5.41, 5.74) is 3.55. The van der Waals surface area contributed by atoms with E-state index in [-0.39, 0.29) is 6.03 Å². The summed E-state index contributed by atoms with van der Waals surface area (Å²) >= 11 is 6.08. The number of nitrogens with zero attached hydrogens (tertiary/aromatic N) is 3. The molecule has 0 N–H and O–H groups in total. The number of carbonyl (C=O) groups excluding carboxylic acids is 1. The van der Waals surface area contributed by atoms with E-state index in [1.807, 2.05) is 35.3 Å². The van der Waals surface area contributed by atoms with Crippen molar-refractivity contribution in [2.24, 2.45) is 0 Å². The fraction of sp³-hybridized carbons (Fsp3) is 0.286. The fourth-order valence-corrected chi connectivity index (χ4v) is 3.84. The maximum Gasteiger partial charge on any atom is 0.339 e. The van der Waals surface area contributed by atoms with Crippen LogP contribution in [0.1, 0.15) is 12.0 Å².